The van der Waals surface area contributed by atoms with Crippen LogP contribution in [-0.2, 0) is 21.6 Å². The molecule has 1 atom stereocenters. The molecule has 7 heteroatoms. The third-order valence-electron chi connectivity index (χ3n) is 4.19. The molecule has 2 heterocycles. The molecule has 110 valence electrons. The van der Waals surface area contributed by atoms with Crippen molar-refractivity contribution in [2.24, 2.45) is 0 Å². The van der Waals surface area contributed by atoms with Gasteiger partial charge in [-0.1, -0.05) is 5.16 Å². The van der Waals surface area contributed by atoms with E-state index < -0.39 is 5.60 Å². The van der Waals surface area contributed by atoms with E-state index in [1.807, 2.05) is 0 Å². The Bertz CT molecular complexity index is 482. The minimum Gasteiger partial charge on any atom is -0.370 e. The number of nitrogens with one attached hydrogen (secondary N) is 2. The van der Waals surface area contributed by atoms with Crippen LogP contribution >= 0.6 is 0 Å². The van der Waals surface area contributed by atoms with Gasteiger partial charge in [-0.3, -0.25) is 4.79 Å². The molecule has 0 bridgehead atoms. The number of rotatable bonds is 4. The van der Waals surface area contributed by atoms with Crippen molar-refractivity contribution in [3.8, 4) is 0 Å². The number of piperazine rings is 1. The second-order valence-corrected chi connectivity index (χ2v) is 5.42. The maximum Gasteiger partial charge on any atom is 0.237 e. The maximum absolute atomic E-state index is 11.7. The number of methoxy groups -OCH3 is 1. The Hall–Kier alpha value is -1.47. The van der Waals surface area contributed by atoms with Gasteiger partial charge in [0.05, 0.1) is 12.5 Å². The Morgan fingerprint density at radius 1 is 1.40 bits per heavy atom. The topological polar surface area (TPSA) is 89.3 Å². The van der Waals surface area contributed by atoms with Crippen molar-refractivity contribution in [1.82, 2.24) is 20.8 Å². The van der Waals surface area contributed by atoms with Gasteiger partial charge in [0.25, 0.3) is 0 Å². The third-order valence-corrected chi connectivity index (χ3v) is 4.19. The predicted molar refractivity (Wildman–Crippen MR) is 70.0 cm³/mol. The molecular formula is C13H20N4O3. The fourth-order valence-electron chi connectivity index (χ4n) is 2.98. The van der Waals surface area contributed by atoms with Crippen LogP contribution in [0.3, 0.4) is 0 Å². The lowest BCUT2D eigenvalue weighted by Gasteiger charge is -2.23. The summed E-state index contributed by atoms with van der Waals surface area (Å²) in [6.45, 7) is 1.43. The second-order valence-electron chi connectivity index (χ2n) is 5.42. The summed E-state index contributed by atoms with van der Waals surface area (Å²) in [5, 5.41) is 10.0. The molecule has 1 amide bonds. The molecule has 3 rings (SSSR count). The zero-order valence-corrected chi connectivity index (χ0v) is 11.6. The van der Waals surface area contributed by atoms with E-state index in [0.717, 1.165) is 32.2 Å². The van der Waals surface area contributed by atoms with E-state index in [1.54, 1.807) is 7.11 Å². The van der Waals surface area contributed by atoms with Gasteiger partial charge in [0.2, 0.25) is 17.6 Å². The molecule has 2 aliphatic rings. The Morgan fingerprint density at radius 3 is 2.90 bits per heavy atom. The number of carbonyl (C=O) groups excluding carboxylic acids is 1. The molecule has 1 unspecified atom stereocenters. The zero-order chi connectivity index (χ0) is 14.0. The third kappa shape index (κ3) is 2.43. The summed E-state index contributed by atoms with van der Waals surface area (Å²) in [5.41, 5.74) is -0.399. The normalized spacial score (nSPS) is 25.6. The van der Waals surface area contributed by atoms with E-state index in [0.29, 0.717) is 24.7 Å². The van der Waals surface area contributed by atoms with Crippen molar-refractivity contribution in [2.45, 2.75) is 43.7 Å². The van der Waals surface area contributed by atoms with Crippen LogP contribution in [0, 0.1) is 0 Å². The molecule has 1 aromatic heterocycles. The van der Waals surface area contributed by atoms with Crippen LogP contribution in [0.15, 0.2) is 4.52 Å². The number of amides is 1. The van der Waals surface area contributed by atoms with Gasteiger partial charge in [-0.15, -0.1) is 0 Å². The number of ether oxygens (including phenoxy) is 1. The Morgan fingerprint density at radius 2 is 2.20 bits per heavy atom. The first-order valence-corrected chi connectivity index (χ1v) is 7.13. The quantitative estimate of drug-likeness (QED) is 0.814. The lowest BCUT2D eigenvalue weighted by Crippen LogP contribution is -2.53. The largest absolute Gasteiger partial charge is 0.370 e. The van der Waals surface area contributed by atoms with Gasteiger partial charge >= 0.3 is 0 Å². The molecule has 2 N–H and O–H groups in total. The number of carbonyl (C=O) groups is 1. The summed E-state index contributed by atoms with van der Waals surface area (Å²) in [5.74, 6) is 1.08. The van der Waals surface area contributed by atoms with E-state index in [9.17, 15) is 4.79 Å². The summed E-state index contributed by atoms with van der Waals surface area (Å²) in [4.78, 5) is 16.1. The van der Waals surface area contributed by atoms with E-state index >= 15 is 0 Å². The number of hydrogen-bond acceptors (Lipinski definition) is 6. The highest BCUT2D eigenvalue weighted by Crippen LogP contribution is 2.40. The van der Waals surface area contributed by atoms with Gasteiger partial charge in [-0.05, 0) is 25.7 Å². The first-order valence-electron chi connectivity index (χ1n) is 7.13. The monoisotopic (exact) mass is 280 g/mol. The van der Waals surface area contributed by atoms with Crippen LogP contribution in [0.25, 0.3) is 0 Å². The number of aromatic nitrogens is 2. The molecule has 0 aromatic carbocycles. The van der Waals surface area contributed by atoms with Crippen molar-refractivity contribution in [1.29, 1.82) is 0 Å². The smallest absolute Gasteiger partial charge is 0.237 e. The predicted octanol–water partition coefficient (Wildman–Crippen LogP) is 0.116. The first kappa shape index (κ1) is 13.5. The summed E-state index contributed by atoms with van der Waals surface area (Å²) in [7, 11) is 1.69. The molecule has 7 nitrogen and oxygen atoms in total. The highest BCUT2D eigenvalue weighted by Gasteiger charge is 2.40. The van der Waals surface area contributed by atoms with Crippen LogP contribution in [0.4, 0.5) is 0 Å². The number of nitrogens with zero attached hydrogens (tertiary/aromatic N) is 2. The molecule has 1 saturated heterocycles. The summed E-state index contributed by atoms with van der Waals surface area (Å²) in [6.07, 6.45) is 4.49. The first-order chi connectivity index (χ1) is 9.73. The highest BCUT2D eigenvalue weighted by molar-refractivity contribution is 5.82. The van der Waals surface area contributed by atoms with Gasteiger partial charge in [0, 0.05) is 20.2 Å². The molecule has 1 saturated carbocycles. The van der Waals surface area contributed by atoms with Crippen molar-refractivity contribution in [2.75, 3.05) is 20.2 Å². The van der Waals surface area contributed by atoms with E-state index in [4.69, 9.17) is 9.26 Å². The lowest BCUT2D eigenvalue weighted by molar-refractivity contribution is -0.124. The Balaban J connectivity index is 1.71. The van der Waals surface area contributed by atoms with Gasteiger partial charge in [-0.25, -0.2) is 0 Å². The van der Waals surface area contributed by atoms with Gasteiger partial charge < -0.3 is 19.9 Å². The number of hydrogen-bond donors (Lipinski definition) is 2. The van der Waals surface area contributed by atoms with Crippen LogP contribution < -0.4 is 10.6 Å². The lowest BCUT2D eigenvalue weighted by atomic mass is 10.0. The van der Waals surface area contributed by atoms with E-state index in [2.05, 4.69) is 20.8 Å². The summed E-state index contributed by atoms with van der Waals surface area (Å²) >= 11 is 0. The van der Waals surface area contributed by atoms with Gasteiger partial charge in [-0.2, -0.15) is 4.98 Å². The van der Waals surface area contributed by atoms with Crippen LogP contribution in [0.1, 0.15) is 37.4 Å². The molecule has 0 spiro atoms. The summed E-state index contributed by atoms with van der Waals surface area (Å²) in [6, 6.07) is -0.292. The summed E-state index contributed by atoms with van der Waals surface area (Å²) < 4.78 is 10.9. The minimum atomic E-state index is -0.399. The maximum atomic E-state index is 11.7. The Kier molecular flexibility index (Phi) is 3.71. The molecule has 1 aromatic rings. The van der Waals surface area contributed by atoms with Crippen molar-refractivity contribution in [3.63, 3.8) is 0 Å². The molecule has 1 aliphatic heterocycles. The standard InChI is InChI=1S/C13H20N4O3/c1-19-13(4-2-3-5-13)12-16-10(20-17-12)8-9-11(18)15-7-6-14-9/h9,14H,2-8H2,1H3,(H,15,18). The molecule has 1 aliphatic carbocycles. The molecule has 2 fully saturated rings. The Labute approximate surface area is 117 Å². The van der Waals surface area contributed by atoms with Crippen molar-refractivity contribution < 1.29 is 14.1 Å². The van der Waals surface area contributed by atoms with E-state index in [1.165, 1.54) is 0 Å². The van der Waals surface area contributed by atoms with Crippen LogP contribution in [0.2, 0.25) is 0 Å². The highest BCUT2D eigenvalue weighted by atomic mass is 16.5. The minimum absolute atomic E-state index is 0.0154. The fourth-order valence-corrected chi connectivity index (χ4v) is 2.98. The average Bonchev–Trinajstić information content (AvgIpc) is 3.11. The van der Waals surface area contributed by atoms with E-state index in [-0.39, 0.29) is 11.9 Å². The average molecular weight is 280 g/mol. The molecular weight excluding hydrogens is 260 g/mol. The second kappa shape index (κ2) is 5.49. The zero-order valence-electron chi connectivity index (χ0n) is 11.6. The van der Waals surface area contributed by atoms with Crippen LogP contribution in [-0.4, -0.2) is 42.3 Å². The van der Waals surface area contributed by atoms with Crippen molar-refractivity contribution >= 4 is 5.91 Å². The van der Waals surface area contributed by atoms with Crippen molar-refractivity contribution in [3.05, 3.63) is 11.7 Å². The fraction of sp³-hybridized carbons (Fsp3) is 0.769. The molecule has 20 heavy (non-hydrogen) atoms. The SMILES string of the molecule is COC1(c2noc(CC3NCCNC3=O)n2)CCCC1. The van der Waals surface area contributed by atoms with Gasteiger partial charge in [0.15, 0.2) is 0 Å². The molecule has 0 radical (unpaired) electrons. The van der Waals surface area contributed by atoms with Gasteiger partial charge in [0.1, 0.15) is 5.60 Å². The van der Waals surface area contributed by atoms with Crippen LogP contribution in [0.5, 0.6) is 0 Å².